The Morgan fingerprint density at radius 3 is 2.71 bits per heavy atom. The van der Waals surface area contributed by atoms with E-state index in [-0.39, 0.29) is 11.8 Å². The highest BCUT2D eigenvalue weighted by Crippen LogP contribution is 2.19. The van der Waals surface area contributed by atoms with Crippen molar-refractivity contribution in [2.24, 2.45) is 11.8 Å². The lowest BCUT2D eigenvalue weighted by Gasteiger charge is -2.19. The Kier molecular flexibility index (Phi) is 5.76. The van der Waals surface area contributed by atoms with Gasteiger partial charge in [0.05, 0.1) is 5.92 Å². The van der Waals surface area contributed by atoms with Gasteiger partial charge in [0.1, 0.15) is 0 Å². The van der Waals surface area contributed by atoms with Crippen LogP contribution in [0, 0.1) is 11.8 Å². The fourth-order valence-electron chi connectivity index (χ4n) is 2.85. The van der Waals surface area contributed by atoms with E-state index in [9.17, 15) is 4.79 Å². The second-order valence-electron chi connectivity index (χ2n) is 5.89. The van der Waals surface area contributed by atoms with Crippen molar-refractivity contribution in [2.45, 2.75) is 27.3 Å². The van der Waals surface area contributed by atoms with E-state index in [1.54, 1.807) is 0 Å². The van der Waals surface area contributed by atoms with Crippen molar-refractivity contribution < 1.29 is 4.79 Å². The molecule has 1 saturated heterocycles. The number of carbonyl (C=O) groups excluding carboxylic acids is 1. The highest BCUT2D eigenvalue weighted by atomic mass is 16.1. The first-order valence-corrected chi connectivity index (χ1v) is 7.96. The smallest absolute Gasteiger partial charge is 0.229 e. The van der Waals surface area contributed by atoms with Crippen LogP contribution in [-0.4, -0.2) is 37.0 Å². The van der Waals surface area contributed by atoms with Crippen LogP contribution in [0.1, 0.15) is 26.3 Å². The van der Waals surface area contributed by atoms with Crippen molar-refractivity contribution in [3.8, 4) is 0 Å². The second kappa shape index (κ2) is 7.57. The standard InChI is InChI=1S/C17H27N3O/c1-4-20(5-2)12-14-7-6-8-15(9-14)19-17(21)16-11-18-10-13(16)3/h6-9,13,16,18H,4-5,10-12H2,1-3H3,(H,19,21)/t13-,16-/m1/s1. The Morgan fingerprint density at radius 1 is 1.33 bits per heavy atom. The highest BCUT2D eigenvalue weighted by molar-refractivity contribution is 5.93. The highest BCUT2D eigenvalue weighted by Gasteiger charge is 2.29. The second-order valence-corrected chi connectivity index (χ2v) is 5.89. The van der Waals surface area contributed by atoms with Crippen LogP contribution in [0.4, 0.5) is 5.69 Å². The molecule has 1 aromatic rings. The van der Waals surface area contributed by atoms with E-state index in [0.717, 1.165) is 38.4 Å². The van der Waals surface area contributed by atoms with E-state index in [0.29, 0.717) is 5.92 Å². The lowest BCUT2D eigenvalue weighted by molar-refractivity contribution is -0.120. The van der Waals surface area contributed by atoms with Crippen LogP contribution in [0.3, 0.4) is 0 Å². The predicted molar refractivity (Wildman–Crippen MR) is 87.2 cm³/mol. The van der Waals surface area contributed by atoms with Crippen molar-refractivity contribution in [3.05, 3.63) is 29.8 Å². The van der Waals surface area contributed by atoms with Gasteiger partial charge in [-0.25, -0.2) is 0 Å². The molecule has 0 unspecified atom stereocenters. The maximum absolute atomic E-state index is 12.3. The zero-order valence-electron chi connectivity index (χ0n) is 13.4. The number of amides is 1. The van der Waals surface area contributed by atoms with Gasteiger partial charge >= 0.3 is 0 Å². The van der Waals surface area contributed by atoms with Crippen LogP contribution in [0.15, 0.2) is 24.3 Å². The van der Waals surface area contributed by atoms with Gasteiger partial charge in [0.15, 0.2) is 0 Å². The van der Waals surface area contributed by atoms with Crippen LogP contribution in [-0.2, 0) is 11.3 Å². The summed E-state index contributed by atoms with van der Waals surface area (Å²) in [4.78, 5) is 14.7. The quantitative estimate of drug-likeness (QED) is 0.845. The summed E-state index contributed by atoms with van der Waals surface area (Å²) in [5, 5.41) is 6.34. The molecule has 1 amide bonds. The number of benzene rings is 1. The molecule has 21 heavy (non-hydrogen) atoms. The van der Waals surface area contributed by atoms with Gasteiger partial charge < -0.3 is 10.6 Å². The average molecular weight is 289 g/mol. The molecule has 116 valence electrons. The van der Waals surface area contributed by atoms with Crippen molar-refractivity contribution >= 4 is 11.6 Å². The number of carbonyl (C=O) groups is 1. The van der Waals surface area contributed by atoms with E-state index < -0.39 is 0 Å². The summed E-state index contributed by atoms with van der Waals surface area (Å²) in [6.45, 7) is 11.2. The van der Waals surface area contributed by atoms with Crippen LogP contribution in [0.25, 0.3) is 0 Å². The molecule has 4 nitrogen and oxygen atoms in total. The summed E-state index contributed by atoms with van der Waals surface area (Å²) < 4.78 is 0. The molecular weight excluding hydrogens is 262 g/mol. The lowest BCUT2D eigenvalue weighted by Crippen LogP contribution is -2.28. The molecule has 0 spiro atoms. The fraction of sp³-hybridized carbons (Fsp3) is 0.588. The summed E-state index contributed by atoms with van der Waals surface area (Å²) in [6.07, 6.45) is 0. The predicted octanol–water partition coefficient (Wildman–Crippen LogP) is 2.32. The molecule has 2 atom stereocenters. The van der Waals surface area contributed by atoms with Gasteiger partial charge in [-0.2, -0.15) is 0 Å². The zero-order chi connectivity index (χ0) is 15.2. The Hall–Kier alpha value is -1.39. The van der Waals surface area contributed by atoms with Crippen molar-refractivity contribution in [1.82, 2.24) is 10.2 Å². The minimum Gasteiger partial charge on any atom is -0.326 e. The van der Waals surface area contributed by atoms with Gasteiger partial charge in [-0.3, -0.25) is 9.69 Å². The maximum Gasteiger partial charge on any atom is 0.229 e. The maximum atomic E-state index is 12.3. The third-order valence-electron chi connectivity index (χ3n) is 4.35. The van der Waals surface area contributed by atoms with Crippen LogP contribution < -0.4 is 10.6 Å². The minimum atomic E-state index is 0.0800. The number of hydrogen-bond acceptors (Lipinski definition) is 3. The topological polar surface area (TPSA) is 44.4 Å². The minimum absolute atomic E-state index is 0.0800. The third-order valence-corrected chi connectivity index (χ3v) is 4.35. The molecule has 1 fully saturated rings. The van der Waals surface area contributed by atoms with Crippen LogP contribution >= 0.6 is 0 Å². The first-order chi connectivity index (χ1) is 10.1. The van der Waals surface area contributed by atoms with Gasteiger partial charge in [0.2, 0.25) is 5.91 Å². The van der Waals surface area contributed by atoms with Crippen molar-refractivity contribution in [2.75, 3.05) is 31.5 Å². The van der Waals surface area contributed by atoms with E-state index in [4.69, 9.17) is 0 Å². The summed E-state index contributed by atoms with van der Waals surface area (Å²) in [7, 11) is 0. The van der Waals surface area contributed by atoms with Crippen LogP contribution in [0.5, 0.6) is 0 Å². The number of nitrogens with one attached hydrogen (secondary N) is 2. The van der Waals surface area contributed by atoms with Gasteiger partial charge in [-0.05, 0) is 43.2 Å². The molecule has 1 aliphatic rings. The molecule has 0 aromatic heterocycles. The van der Waals surface area contributed by atoms with Gasteiger partial charge in [0.25, 0.3) is 0 Å². The SMILES string of the molecule is CCN(CC)Cc1cccc(NC(=O)[C@@H]2CNC[C@H]2C)c1. The normalized spacial score (nSPS) is 21.7. The molecule has 1 aliphatic heterocycles. The van der Waals surface area contributed by atoms with E-state index >= 15 is 0 Å². The van der Waals surface area contributed by atoms with Gasteiger partial charge in [-0.1, -0.05) is 32.9 Å². The zero-order valence-corrected chi connectivity index (χ0v) is 13.4. The fourth-order valence-corrected chi connectivity index (χ4v) is 2.85. The Balaban J connectivity index is 1.99. The lowest BCUT2D eigenvalue weighted by atomic mass is 9.97. The van der Waals surface area contributed by atoms with Gasteiger partial charge in [0, 0.05) is 18.8 Å². The number of nitrogens with zero attached hydrogens (tertiary/aromatic N) is 1. The summed E-state index contributed by atoms with van der Waals surface area (Å²) in [6, 6.07) is 8.19. The number of hydrogen-bond donors (Lipinski definition) is 2. The summed E-state index contributed by atoms with van der Waals surface area (Å²) in [5.74, 6) is 0.618. The average Bonchev–Trinajstić information content (AvgIpc) is 2.91. The number of rotatable bonds is 6. The third kappa shape index (κ3) is 4.29. The Bertz CT molecular complexity index is 471. The van der Waals surface area contributed by atoms with Crippen molar-refractivity contribution in [3.63, 3.8) is 0 Å². The Morgan fingerprint density at radius 2 is 2.10 bits per heavy atom. The number of anilines is 1. The molecular formula is C17H27N3O. The summed E-state index contributed by atoms with van der Waals surface area (Å²) >= 11 is 0. The largest absolute Gasteiger partial charge is 0.326 e. The monoisotopic (exact) mass is 289 g/mol. The molecule has 0 bridgehead atoms. The first-order valence-electron chi connectivity index (χ1n) is 7.96. The molecule has 1 aromatic carbocycles. The first kappa shape index (κ1) is 16.0. The van der Waals surface area contributed by atoms with E-state index in [1.807, 2.05) is 12.1 Å². The molecule has 0 radical (unpaired) electrons. The van der Waals surface area contributed by atoms with Crippen LogP contribution in [0.2, 0.25) is 0 Å². The van der Waals surface area contributed by atoms with Crippen molar-refractivity contribution in [1.29, 1.82) is 0 Å². The van der Waals surface area contributed by atoms with E-state index in [2.05, 4.69) is 48.4 Å². The molecule has 4 heteroatoms. The molecule has 0 saturated carbocycles. The van der Waals surface area contributed by atoms with E-state index in [1.165, 1.54) is 5.56 Å². The molecule has 0 aliphatic carbocycles. The Labute approximate surface area is 127 Å². The molecule has 2 N–H and O–H groups in total. The molecule has 1 heterocycles. The molecule has 2 rings (SSSR count). The van der Waals surface area contributed by atoms with Gasteiger partial charge in [-0.15, -0.1) is 0 Å². The summed E-state index contributed by atoms with van der Waals surface area (Å²) in [5.41, 5.74) is 2.15.